The molecule has 0 aromatic heterocycles. The highest BCUT2D eigenvalue weighted by Gasteiger charge is 2.42. The summed E-state index contributed by atoms with van der Waals surface area (Å²) < 4.78 is 0. The Morgan fingerprint density at radius 2 is 2.11 bits per heavy atom. The summed E-state index contributed by atoms with van der Waals surface area (Å²) in [4.78, 5) is 19.8. The molecule has 0 N–H and O–H groups in total. The van der Waals surface area contributed by atoms with Crippen LogP contribution in [0.15, 0.2) is 35.3 Å². The van der Waals surface area contributed by atoms with Crippen molar-refractivity contribution in [2.24, 2.45) is 4.99 Å². The van der Waals surface area contributed by atoms with Gasteiger partial charge in [-0.1, -0.05) is 12.1 Å². The first-order valence-corrected chi connectivity index (χ1v) is 9.66. The van der Waals surface area contributed by atoms with Crippen LogP contribution >= 0.6 is 0 Å². The molecule has 1 fully saturated rings. The molecule has 5 rings (SSSR count). The fraction of sp³-hybridized carbons (Fsp3) is 0.348. The average Bonchev–Trinajstić information content (AvgIpc) is 3.31. The monoisotopic (exact) mass is 355 g/mol. The highest BCUT2D eigenvalue weighted by atomic mass is 16.2. The number of hydrogen-bond donors (Lipinski definition) is 0. The van der Waals surface area contributed by atoms with Gasteiger partial charge in [0, 0.05) is 36.7 Å². The molecule has 0 saturated carbocycles. The van der Waals surface area contributed by atoms with Gasteiger partial charge in [0.1, 0.15) is 0 Å². The second kappa shape index (κ2) is 6.06. The molecular weight excluding hydrogens is 334 g/mol. The number of carbonyl (C=O) groups is 1. The van der Waals surface area contributed by atoms with Crippen LogP contribution in [0, 0.1) is 18.3 Å². The van der Waals surface area contributed by atoms with Crippen molar-refractivity contribution < 1.29 is 4.79 Å². The standard InChI is InChI=1S/C23H21N3O/c1-14-18(13-24)7-5-16-12-21-19(22(14)16)3-2-10-26(21)23(27)17-6-4-15-8-9-25-20(15)11-17/h4-7,9,11,19,21H,2-3,8,10,12H2,1H3/t19-,21-/m0/s1. The molecule has 4 heteroatoms. The van der Waals surface area contributed by atoms with Crippen molar-refractivity contribution in [2.45, 2.75) is 44.6 Å². The Balaban J connectivity index is 1.49. The summed E-state index contributed by atoms with van der Waals surface area (Å²) in [7, 11) is 0. The summed E-state index contributed by atoms with van der Waals surface area (Å²) in [5, 5.41) is 9.39. The van der Waals surface area contributed by atoms with Crippen molar-refractivity contribution in [3.05, 3.63) is 63.7 Å². The Labute approximate surface area is 159 Å². The highest BCUT2D eigenvalue weighted by molar-refractivity contribution is 5.96. The summed E-state index contributed by atoms with van der Waals surface area (Å²) in [5.41, 5.74) is 7.33. The van der Waals surface area contributed by atoms with E-state index in [0.29, 0.717) is 5.92 Å². The molecule has 2 aromatic carbocycles. The smallest absolute Gasteiger partial charge is 0.254 e. The molecule has 1 saturated heterocycles. The summed E-state index contributed by atoms with van der Waals surface area (Å²) in [5.74, 6) is 0.457. The van der Waals surface area contributed by atoms with Crippen LogP contribution in [0.3, 0.4) is 0 Å². The predicted molar refractivity (Wildman–Crippen MR) is 105 cm³/mol. The van der Waals surface area contributed by atoms with Gasteiger partial charge in [-0.05, 0) is 66.6 Å². The van der Waals surface area contributed by atoms with Gasteiger partial charge in [0.25, 0.3) is 5.91 Å². The maximum atomic E-state index is 13.3. The molecule has 1 aliphatic carbocycles. The predicted octanol–water partition coefficient (Wildman–Crippen LogP) is 4.07. The zero-order valence-electron chi connectivity index (χ0n) is 15.4. The van der Waals surface area contributed by atoms with Crippen LogP contribution < -0.4 is 0 Å². The van der Waals surface area contributed by atoms with Gasteiger partial charge in [-0.15, -0.1) is 0 Å². The third kappa shape index (κ3) is 2.42. The minimum atomic E-state index is 0.112. The zero-order valence-corrected chi connectivity index (χ0v) is 15.4. The van der Waals surface area contributed by atoms with Crippen LogP contribution in [-0.2, 0) is 12.8 Å². The fourth-order valence-corrected chi connectivity index (χ4v) is 5.12. The number of aliphatic imine (C=N–C) groups is 1. The van der Waals surface area contributed by atoms with Gasteiger partial charge in [0.05, 0.1) is 17.3 Å². The van der Waals surface area contributed by atoms with E-state index < -0.39 is 0 Å². The minimum absolute atomic E-state index is 0.112. The lowest BCUT2D eigenvalue weighted by Crippen LogP contribution is -2.46. The molecule has 0 spiro atoms. The Hall–Kier alpha value is -2.93. The van der Waals surface area contributed by atoms with Crippen molar-refractivity contribution in [1.82, 2.24) is 4.90 Å². The fourth-order valence-electron chi connectivity index (χ4n) is 5.12. The second-order valence-corrected chi connectivity index (χ2v) is 7.80. The van der Waals surface area contributed by atoms with Crippen LogP contribution in [0.25, 0.3) is 0 Å². The van der Waals surface area contributed by atoms with Crippen LogP contribution in [0.4, 0.5) is 5.69 Å². The Kier molecular flexibility index (Phi) is 3.65. The average molecular weight is 355 g/mol. The largest absolute Gasteiger partial charge is 0.335 e. The molecule has 4 nitrogen and oxygen atoms in total. The van der Waals surface area contributed by atoms with E-state index in [-0.39, 0.29) is 11.9 Å². The molecular formula is C23H21N3O. The van der Waals surface area contributed by atoms with E-state index in [1.807, 2.05) is 30.5 Å². The van der Waals surface area contributed by atoms with Crippen LogP contribution in [0.1, 0.15) is 56.9 Å². The molecule has 0 radical (unpaired) electrons. The molecule has 2 aliphatic heterocycles. The number of carbonyl (C=O) groups excluding carboxylic acids is 1. The van der Waals surface area contributed by atoms with Crippen molar-refractivity contribution in [1.29, 1.82) is 5.26 Å². The number of likely N-dealkylation sites (tertiary alicyclic amines) is 1. The Bertz CT molecular complexity index is 1030. The zero-order chi connectivity index (χ0) is 18.5. The Morgan fingerprint density at radius 1 is 1.26 bits per heavy atom. The van der Waals surface area contributed by atoms with Gasteiger partial charge < -0.3 is 4.90 Å². The SMILES string of the molecule is Cc1c(C#N)ccc2c1[C@H]1CCCN(C(=O)c3ccc4c(c3)N=CC4)[C@H]1C2. The number of benzene rings is 2. The quantitative estimate of drug-likeness (QED) is 0.774. The first-order chi connectivity index (χ1) is 13.2. The molecule has 2 aromatic rings. The lowest BCUT2D eigenvalue weighted by Gasteiger charge is -2.38. The van der Waals surface area contributed by atoms with E-state index in [4.69, 9.17) is 0 Å². The maximum absolute atomic E-state index is 13.3. The summed E-state index contributed by atoms with van der Waals surface area (Å²) in [6.07, 6.45) is 5.74. The molecule has 0 unspecified atom stereocenters. The van der Waals surface area contributed by atoms with E-state index in [1.165, 1.54) is 16.7 Å². The minimum Gasteiger partial charge on any atom is -0.335 e. The molecule has 27 heavy (non-hydrogen) atoms. The summed E-state index contributed by atoms with van der Waals surface area (Å²) in [6, 6.07) is 12.4. The summed E-state index contributed by atoms with van der Waals surface area (Å²) in [6.45, 7) is 2.86. The number of piperidine rings is 1. The second-order valence-electron chi connectivity index (χ2n) is 7.80. The molecule has 0 bridgehead atoms. The van der Waals surface area contributed by atoms with Crippen molar-refractivity contribution >= 4 is 17.8 Å². The van der Waals surface area contributed by atoms with Crippen LogP contribution in [0.2, 0.25) is 0 Å². The number of nitrogens with zero attached hydrogens (tertiary/aromatic N) is 3. The lowest BCUT2D eigenvalue weighted by molar-refractivity contribution is 0.0595. The normalized spacial score (nSPS) is 22.1. The number of fused-ring (bicyclic) bond motifs is 4. The van der Waals surface area contributed by atoms with Crippen LogP contribution in [-0.4, -0.2) is 29.6 Å². The van der Waals surface area contributed by atoms with Gasteiger partial charge in [-0.25, -0.2) is 0 Å². The van der Waals surface area contributed by atoms with Crippen molar-refractivity contribution in [3.8, 4) is 6.07 Å². The highest BCUT2D eigenvalue weighted by Crippen LogP contribution is 2.44. The van der Waals surface area contributed by atoms with E-state index in [0.717, 1.165) is 54.6 Å². The first kappa shape index (κ1) is 16.3. The lowest BCUT2D eigenvalue weighted by atomic mass is 9.85. The van der Waals surface area contributed by atoms with Crippen molar-refractivity contribution in [2.75, 3.05) is 6.54 Å². The van der Waals surface area contributed by atoms with Gasteiger partial charge >= 0.3 is 0 Å². The summed E-state index contributed by atoms with van der Waals surface area (Å²) >= 11 is 0. The molecule has 1 amide bonds. The third-order valence-corrected chi connectivity index (χ3v) is 6.44. The Morgan fingerprint density at radius 3 is 2.96 bits per heavy atom. The maximum Gasteiger partial charge on any atom is 0.254 e. The van der Waals surface area contributed by atoms with Crippen molar-refractivity contribution in [3.63, 3.8) is 0 Å². The molecule has 3 aliphatic rings. The van der Waals surface area contributed by atoms with E-state index >= 15 is 0 Å². The van der Waals surface area contributed by atoms with Gasteiger partial charge in [-0.3, -0.25) is 9.79 Å². The molecule has 2 heterocycles. The number of nitriles is 1. The molecule has 2 atom stereocenters. The van der Waals surface area contributed by atoms with Crippen LogP contribution in [0.5, 0.6) is 0 Å². The topological polar surface area (TPSA) is 56.5 Å². The van der Waals surface area contributed by atoms with E-state index in [1.54, 1.807) is 0 Å². The first-order valence-electron chi connectivity index (χ1n) is 9.66. The van der Waals surface area contributed by atoms with E-state index in [2.05, 4.69) is 29.0 Å². The number of hydrogen-bond acceptors (Lipinski definition) is 3. The van der Waals surface area contributed by atoms with Gasteiger partial charge in [0.15, 0.2) is 0 Å². The number of rotatable bonds is 1. The van der Waals surface area contributed by atoms with E-state index in [9.17, 15) is 10.1 Å². The molecule has 134 valence electrons. The van der Waals surface area contributed by atoms with Gasteiger partial charge in [-0.2, -0.15) is 5.26 Å². The van der Waals surface area contributed by atoms with Gasteiger partial charge in [0.2, 0.25) is 0 Å². The number of amides is 1. The third-order valence-electron chi connectivity index (χ3n) is 6.44.